The van der Waals surface area contributed by atoms with Crippen molar-refractivity contribution in [2.45, 2.75) is 37.4 Å². The van der Waals surface area contributed by atoms with Crippen LogP contribution in [0.5, 0.6) is 17.2 Å². The minimum Gasteiger partial charge on any atom is -0.508 e. The fraction of sp³-hybridized carbons (Fsp3) is 0.286. The quantitative estimate of drug-likeness (QED) is 0.174. The lowest BCUT2D eigenvalue weighted by molar-refractivity contribution is -0.256. The summed E-state index contributed by atoms with van der Waals surface area (Å²) in [6.07, 6.45) is -0.472. The van der Waals surface area contributed by atoms with Gasteiger partial charge in [0.1, 0.15) is 18.1 Å². The molecule has 5 aromatic rings. The number of carbonyl (C=O) groups excluding carboxylic acids is 2. The Hall–Kier alpha value is -4.32. The number of aromatic hydroxyl groups is 3. The third-order valence-corrected chi connectivity index (χ3v) is 8.81. The second kappa shape index (κ2) is 7.00. The lowest BCUT2D eigenvalue weighted by atomic mass is 9.93. The summed E-state index contributed by atoms with van der Waals surface area (Å²) in [5, 5.41) is 39.7. The van der Waals surface area contributed by atoms with Gasteiger partial charge in [-0.2, -0.15) is 0 Å². The predicted molar refractivity (Wildman–Crippen MR) is 141 cm³/mol. The Morgan fingerprint density at radius 3 is 2.46 bits per heavy atom. The van der Waals surface area contributed by atoms with Crippen molar-refractivity contribution in [2.24, 2.45) is 0 Å². The molecule has 4 atom stereocenters. The van der Waals surface area contributed by atoms with Gasteiger partial charge in [0.05, 0.1) is 38.6 Å². The molecule has 5 N–H and O–H groups in total. The van der Waals surface area contributed by atoms with Gasteiger partial charge < -0.3 is 39.2 Å². The highest BCUT2D eigenvalue weighted by Crippen LogP contribution is 2.55. The first-order chi connectivity index (χ1) is 18.7. The second-order valence-corrected chi connectivity index (χ2v) is 10.6. The van der Waals surface area contributed by atoms with Crippen molar-refractivity contribution in [3.05, 3.63) is 41.5 Å². The summed E-state index contributed by atoms with van der Waals surface area (Å²) < 4.78 is 16.9. The van der Waals surface area contributed by atoms with Crippen molar-refractivity contribution in [2.75, 3.05) is 14.2 Å². The van der Waals surface area contributed by atoms with Gasteiger partial charge in [0.25, 0.3) is 11.8 Å². The van der Waals surface area contributed by atoms with Gasteiger partial charge in [-0.05, 0) is 44.3 Å². The molecule has 1 saturated heterocycles. The van der Waals surface area contributed by atoms with Crippen molar-refractivity contribution >= 4 is 55.4 Å². The van der Waals surface area contributed by atoms with Crippen LogP contribution in [0.15, 0.2) is 30.3 Å². The number of benzene rings is 3. The molecule has 0 unspecified atom stereocenters. The van der Waals surface area contributed by atoms with Crippen molar-refractivity contribution in [3.8, 4) is 17.2 Å². The molecule has 1 fully saturated rings. The maximum absolute atomic E-state index is 13.4. The first kappa shape index (κ1) is 22.6. The molecule has 5 heterocycles. The number of hydrogen-bond acceptors (Lipinski definition) is 8. The summed E-state index contributed by atoms with van der Waals surface area (Å²) in [6, 6.07) is 7.84. The van der Waals surface area contributed by atoms with Crippen molar-refractivity contribution in [3.63, 3.8) is 0 Å². The summed E-state index contributed by atoms with van der Waals surface area (Å²) in [5.41, 5.74) is 1.53. The molecule has 3 aliphatic heterocycles. The molecular formula is C28H24N4O7. The average Bonchev–Trinajstić information content (AvgIpc) is 3.50. The predicted octanol–water partition coefficient (Wildman–Crippen LogP) is 3.11. The molecule has 0 saturated carbocycles. The Morgan fingerprint density at radius 2 is 1.74 bits per heavy atom. The van der Waals surface area contributed by atoms with Crippen LogP contribution in [-0.4, -0.2) is 62.6 Å². The smallest absolute Gasteiger partial charge is 0.259 e. The zero-order chi connectivity index (χ0) is 27.1. The Balaban J connectivity index is 1.76. The molecule has 8 rings (SSSR count). The van der Waals surface area contributed by atoms with E-state index in [0.29, 0.717) is 44.6 Å². The molecule has 2 amide bonds. The van der Waals surface area contributed by atoms with Gasteiger partial charge >= 0.3 is 0 Å². The van der Waals surface area contributed by atoms with E-state index in [4.69, 9.17) is 9.47 Å². The summed E-state index contributed by atoms with van der Waals surface area (Å²) in [5.74, 6) is -1.91. The van der Waals surface area contributed by atoms with Crippen LogP contribution in [0.3, 0.4) is 0 Å². The molecule has 3 aromatic carbocycles. The molecule has 2 aromatic heterocycles. The third-order valence-electron chi connectivity index (χ3n) is 8.81. The number of imide groups is 1. The van der Waals surface area contributed by atoms with E-state index in [-0.39, 0.29) is 34.1 Å². The van der Waals surface area contributed by atoms with Crippen LogP contribution in [0.4, 0.5) is 0 Å². The van der Waals surface area contributed by atoms with E-state index in [2.05, 4.69) is 10.6 Å². The fourth-order valence-corrected chi connectivity index (χ4v) is 7.40. The molecule has 11 heteroatoms. The number of methoxy groups -OCH3 is 1. The summed E-state index contributed by atoms with van der Waals surface area (Å²) in [4.78, 5) is 26.8. The molecule has 11 nitrogen and oxygen atoms in total. The van der Waals surface area contributed by atoms with Gasteiger partial charge in [0, 0.05) is 35.7 Å². The lowest BCUT2D eigenvalue weighted by Gasteiger charge is -2.48. The lowest BCUT2D eigenvalue weighted by Crippen LogP contribution is -2.59. The number of likely N-dealkylation sites (N-methyl/N-ethyl adjacent to an activating group) is 1. The van der Waals surface area contributed by atoms with Crippen LogP contribution < -0.4 is 10.6 Å². The molecule has 3 aliphatic rings. The standard InChI is InChI=1S/C28H24N4O7/c1-28-25(38-3)12(29-2)9-16(39-28)31-13-5-4-10(33)8-11(13)17-20-21(27(37)30-26(20)36)19-18-14(6-7-15(34)24(18)35)32(28)23(19)22(17)31/h4-8,12,16,25,29,33-35H,9H2,1-3H3,(H,30,36,37)/t12-,16-,25-,28+/m1/s1. The zero-order valence-corrected chi connectivity index (χ0v) is 21.2. The van der Waals surface area contributed by atoms with Gasteiger partial charge in [-0.1, -0.05) is 0 Å². The molecule has 0 radical (unpaired) electrons. The molecule has 39 heavy (non-hydrogen) atoms. The van der Waals surface area contributed by atoms with Crippen LogP contribution in [0.25, 0.3) is 43.6 Å². The number of nitrogens with zero attached hydrogens (tertiary/aromatic N) is 2. The zero-order valence-electron chi connectivity index (χ0n) is 21.2. The van der Waals surface area contributed by atoms with Gasteiger partial charge in [-0.3, -0.25) is 14.9 Å². The van der Waals surface area contributed by atoms with Gasteiger partial charge in [0.15, 0.2) is 17.2 Å². The molecule has 2 bridgehead atoms. The number of fused-ring (bicyclic) bond motifs is 13. The van der Waals surface area contributed by atoms with E-state index in [1.165, 1.54) is 6.07 Å². The maximum atomic E-state index is 13.4. The maximum Gasteiger partial charge on any atom is 0.259 e. The largest absolute Gasteiger partial charge is 0.508 e. The Labute approximate surface area is 220 Å². The summed E-state index contributed by atoms with van der Waals surface area (Å²) >= 11 is 0. The summed E-state index contributed by atoms with van der Waals surface area (Å²) in [6.45, 7) is 1.91. The number of phenols is 3. The van der Waals surface area contributed by atoms with Crippen LogP contribution in [0.1, 0.15) is 40.3 Å². The average molecular weight is 529 g/mol. The van der Waals surface area contributed by atoms with Crippen molar-refractivity contribution < 1.29 is 34.4 Å². The minimum atomic E-state index is -1.14. The SMILES string of the molecule is CN[C@@H]1C[C@H]2O[C@@](C)([C@@H]1OC)n1c3ccc(O)c(O)c3c3c4c(c5c6cc(O)ccc6n2c5c31)C(=O)NC4=O. The van der Waals surface area contributed by atoms with Crippen LogP contribution >= 0.6 is 0 Å². The number of rotatable bonds is 2. The number of ether oxygens (including phenoxy) is 2. The fourth-order valence-electron chi connectivity index (χ4n) is 7.40. The Kier molecular flexibility index (Phi) is 4.06. The highest BCUT2D eigenvalue weighted by atomic mass is 16.6. The van der Waals surface area contributed by atoms with Crippen molar-refractivity contribution in [1.29, 1.82) is 0 Å². The number of aromatic nitrogens is 2. The number of phenolic OH excluding ortho intramolecular Hbond substituents is 3. The Bertz CT molecular complexity index is 1990. The van der Waals surface area contributed by atoms with Gasteiger partial charge in [-0.25, -0.2) is 0 Å². The van der Waals surface area contributed by atoms with E-state index >= 15 is 0 Å². The topological polar surface area (TPSA) is 147 Å². The van der Waals surface area contributed by atoms with Crippen molar-refractivity contribution in [1.82, 2.24) is 19.8 Å². The number of amides is 2. The molecule has 0 aliphatic carbocycles. The van der Waals surface area contributed by atoms with Crippen LogP contribution in [-0.2, 0) is 15.2 Å². The number of nitrogens with one attached hydrogen (secondary N) is 2. The molecule has 198 valence electrons. The molecule has 0 spiro atoms. The van der Waals surface area contributed by atoms with E-state index in [9.17, 15) is 24.9 Å². The normalized spacial score (nSPS) is 25.8. The number of hydrogen-bond donors (Lipinski definition) is 5. The van der Waals surface area contributed by atoms with Gasteiger partial charge in [-0.15, -0.1) is 0 Å². The van der Waals surface area contributed by atoms with E-state index < -0.39 is 35.6 Å². The van der Waals surface area contributed by atoms with E-state index in [1.54, 1.807) is 31.4 Å². The number of carbonyl (C=O) groups is 2. The Morgan fingerprint density at radius 1 is 1.03 bits per heavy atom. The van der Waals surface area contributed by atoms with E-state index in [1.807, 2.05) is 23.1 Å². The van der Waals surface area contributed by atoms with Crippen LogP contribution in [0.2, 0.25) is 0 Å². The second-order valence-electron chi connectivity index (χ2n) is 10.6. The highest BCUT2D eigenvalue weighted by Gasteiger charge is 2.53. The van der Waals surface area contributed by atoms with E-state index in [0.717, 1.165) is 0 Å². The minimum absolute atomic E-state index is 0.0160. The highest BCUT2D eigenvalue weighted by molar-refractivity contribution is 6.40. The molecular weight excluding hydrogens is 504 g/mol. The van der Waals surface area contributed by atoms with Gasteiger partial charge in [0.2, 0.25) is 0 Å². The summed E-state index contributed by atoms with van der Waals surface area (Å²) in [7, 11) is 3.47. The first-order valence-electron chi connectivity index (χ1n) is 12.7. The monoisotopic (exact) mass is 528 g/mol. The first-order valence-corrected chi connectivity index (χ1v) is 12.7. The van der Waals surface area contributed by atoms with Crippen LogP contribution in [0, 0.1) is 0 Å². The third kappa shape index (κ3) is 2.40.